The maximum absolute atomic E-state index is 14.5. The van der Waals surface area contributed by atoms with Gasteiger partial charge in [0.2, 0.25) is 12.7 Å². The van der Waals surface area contributed by atoms with Crippen LogP contribution in [0.2, 0.25) is 10.0 Å². The van der Waals surface area contributed by atoms with Crippen molar-refractivity contribution < 1.29 is 32.6 Å². The average Bonchev–Trinajstić information content (AvgIpc) is 3.76. The van der Waals surface area contributed by atoms with Gasteiger partial charge < -0.3 is 10.8 Å². The normalized spacial score (nSPS) is 12.4. The Morgan fingerprint density at radius 2 is 1.21 bits per heavy atom. The van der Waals surface area contributed by atoms with Gasteiger partial charge in [-0.05, 0) is 88.1 Å². The van der Waals surface area contributed by atoms with Gasteiger partial charge in [0.1, 0.15) is 18.2 Å². The van der Waals surface area contributed by atoms with Gasteiger partial charge in [0, 0.05) is 23.6 Å². The number of aromatic nitrogens is 4. The number of aliphatic carboxylic acids is 1. The summed E-state index contributed by atoms with van der Waals surface area (Å²) < 4.78 is 31.5. The fourth-order valence-electron chi connectivity index (χ4n) is 6.17. The van der Waals surface area contributed by atoms with Crippen LogP contribution in [0.4, 0.5) is 8.78 Å². The molecule has 0 fully saturated rings. The molecule has 6 aromatic rings. The van der Waals surface area contributed by atoms with Crippen molar-refractivity contribution in [3.05, 3.63) is 129 Å². The van der Waals surface area contributed by atoms with E-state index in [2.05, 4.69) is 22.1 Å². The van der Waals surface area contributed by atoms with Crippen LogP contribution in [-0.2, 0) is 33.5 Å². The van der Waals surface area contributed by atoms with Crippen LogP contribution < -0.4 is 14.9 Å². The van der Waals surface area contributed by atoms with Crippen LogP contribution in [0.3, 0.4) is 0 Å². The average molecular weight is 817 g/mol. The Balaban J connectivity index is 0.000000209. The Bertz CT molecular complexity index is 2500. The summed E-state index contributed by atoms with van der Waals surface area (Å²) in [5, 5.41) is 27.9. The van der Waals surface area contributed by atoms with Crippen LogP contribution in [0.5, 0.6) is 0 Å². The second-order valence-electron chi connectivity index (χ2n) is 14.9. The summed E-state index contributed by atoms with van der Waals surface area (Å²) in [4.78, 5) is 29.2. The van der Waals surface area contributed by atoms with E-state index < -0.39 is 22.6 Å². The van der Waals surface area contributed by atoms with Gasteiger partial charge in [-0.15, -0.1) is 0 Å². The number of para-hydroxylation sites is 2. The maximum Gasteiger partial charge on any atom is 0.346 e. The molecule has 2 aromatic heterocycles. The van der Waals surface area contributed by atoms with Gasteiger partial charge in [0.15, 0.2) is 34.4 Å². The minimum absolute atomic E-state index is 0.0279. The van der Waals surface area contributed by atoms with Crippen molar-refractivity contribution in [2.45, 2.75) is 83.8 Å². The molecule has 0 spiro atoms. The molecule has 0 amide bonds. The molecule has 10 nitrogen and oxygen atoms in total. The molecule has 57 heavy (non-hydrogen) atoms. The summed E-state index contributed by atoms with van der Waals surface area (Å²) in [6, 6.07) is 24.6. The van der Waals surface area contributed by atoms with Crippen molar-refractivity contribution in [2.75, 3.05) is 0 Å². The Kier molecular flexibility index (Phi) is 14.3. The third-order valence-electron chi connectivity index (χ3n) is 9.47. The van der Waals surface area contributed by atoms with E-state index in [1.165, 1.54) is 12.1 Å². The maximum atomic E-state index is 14.5. The zero-order chi connectivity index (χ0) is 42.2. The molecule has 5 N–H and O–H groups in total. The summed E-state index contributed by atoms with van der Waals surface area (Å²) in [5.74, 6) is -1.78. The molecule has 0 saturated carbocycles. The largest absolute Gasteiger partial charge is 0.478 e. The molecular weight excluding hydrogens is 771 g/mol. The first kappa shape index (κ1) is 44.1. The number of imidazole rings is 2. The van der Waals surface area contributed by atoms with Crippen LogP contribution in [-0.4, -0.2) is 26.8 Å². The van der Waals surface area contributed by atoms with E-state index in [0.29, 0.717) is 21.2 Å². The quantitative estimate of drug-likeness (QED) is 0.101. The summed E-state index contributed by atoms with van der Waals surface area (Å²) in [6.07, 6.45) is 3.62. The number of ketones is 1. The number of carbonyl (C=O) groups is 2. The summed E-state index contributed by atoms with van der Waals surface area (Å²) >= 11 is 12.2. The molecule has 0 saturated heterocycles. The third-order valence-corrected chi connectivity index (χ3v) is 10.1. The lowest BCUT2D eigenvalue weighted by Crippen LogP contribution is -2.37. The fraction of sp³-hybridized carbons (Fsp3) is 0.302. The van der Waals surface area contributed by atoms with Gasteiger partial charge in [0.05, 0.1) is 33.0 Å². The number of halogens is 4. The molecule has 2 unspecified atom stereocenters. The Hall–Kier alpha value is -5.66. The van der Waals surface area contributed by atoms with Gasteiger partial charge in [-0.2, -0.15) is 10.5 Å². The number of nitrogens with zero attached hydrogens (tertiary/aromatic N) is 4. The van der Waals surface area contributed by atoms with E-state index in [9.17, 15) is 23.6 Å². The van der Waals surface area contributed by atoms with Crippen molar-refractivity contribution in [1.29, 1.82) is 10.5 Å². The van der Waals surface area contributed by atoms with Crippen LogP contribution in [0, 0.1) is 34.3 Å². The lowest BCUT2D eigenvalue weighted by molar-refractivity contribution is -0.659. The van der Waals surface area contributed by atoms with Gasteiger partial charge >= 0.3 is 5.97 Å². The molecule has 6 rings (SSSR count). The highest BCUT2D eigenvalue weighted by Gasteiger charge is 2.26. The number of nitrogens with two attached hydrogens (primary N) is 1. The molecule has 0 aliphatic carbocycles. The highest BCUT2D eigenvalue weighted by atomic mass is 35.5. The number of hydrogen-bond donors (Lipinski definition) is 4. The standard InChI is InChI=1S/C22H21ClFN3O.C12H15FN2.C9H7ClN2O2/c1-14(15-7-8-17(19(24)10-15)22(2,3)12-25)9-16(28)11-27-13-26-20-6-4-5-18(23)21(20)27;1-8(15)9-4-5-10(11(13)6-9)12(2,3)7-14;10-6-2-1-3-7-9(6)12(5-11-7)4-8(13)14/h4-8,10,13-14H,9,11H2,1-3H3;4-6,8H,15H2,1-3H3;1-3,5H,4H2,(H,13,14)/p+2. The summed E-state index contributed by atoms with van der Waals surface area (Å²) in [5.41, 5.74) is 9.41. The Morgan fingerprint density at radius 3 is 1.63 bits per heavy atom. The highest BCUT2D eigenvalue weighted by Crippen LogP contribution is 2.30. The van der Waals surface area contributed by atoms with E-state index >= 15 is 0 Å². The molecular formula is C43H45Cl2F2N7O3+2. The first-order valence-electron chi connectivity index (χ1n) is 18.0. The Morgan fingerprint density at radius 1 is 0.772 bits per heavy atom. The number of H-pyrrole nitrogens is 2. The van der Waals surface area contributed by atoms with Gasteiger partial charge in [-0.1, -0.05) is 66.5 Å². The van der Waals surface area contributed by atoms with Gasteiger partial charge in [0.25, 0.3) is 0 Å². The number of Topliss-reactive ketones (excluding diaryl/α,β-unsaturated/α-hetero) is 1. The van der Waals surface area contributed by atoms with Crippen LogP contribution in [0.15, 0.2) is 85.5 Å². The molecule has 296 valence electrons. The number of carboxylic acid groups (broad SMARTS) is 1. The van der Waals surface area contributed by atoms with Gasteiger partial charge in [-0.3, -0.25) is 4.79 Å². The molecule has 2 heterocycles. The van der Waals surface area contributed by atoms with E-state index in [1.54, 1.807) is 92.8 Å². The number of nitriles is 2. The summed E-state index contributed by atoms with van der Waals surface area (Å²) in [7, 11) is 0. The molecule has 0 aliphatic heterocycles. The second-order valence-corrected chi connectivity index (χ2v) is 15.7. The lowest BCUT2D eigenvalue weighted by atomic mass is 9.84. The molecule has 0 aliphatic rings. The third kappa shape index (κ3) is 10.8. The second kappa shape index (κ2) is 18.5. The monoisotopic (exact) mass is 815 g/mol. The number of aromatic amines is 2. The summed E-state index contributed by atoms with van der Waals surface area (Å²) in [6.45, 7) is 10.5. The van der Waals surface area contributed by atoms with E-state index in [4.69, 9.17) is 39.3 Å². The number of nitrogens with one attached hydrogen (secondary N) is 2. The number of rotatable bonds is 10. The van der Waals surface area contributed by atoms with Crippen molar-refractivity contribution in [1.82, 2.24) is 9.97 Å². The first-order chi connectivity index (χ1) is 26.8. The fourth-order valence-corrected chi connectivity index (χ4v) is 6.73. The minimum atomic E-state index is -0.896. The van der Waals surface area contributed by atoms with Crippen LogP contribution in [0.1, 0.15) is 82.2 Å². The zero-order valence-corrected chi connectivity index (χ0v) is 34.0. The lowest BCUT2D eigenvalue weighted by Gasteiger charge is -2.18. The van der Waals surface area contributed by atoms with Crippen molar-refractivity contribution in [3.8, 4) is 12.1 Å². The number of fused-ring (bicyclic) bond motifs is 2. The molecule has 0 bridgehead atoms. The van der Waals surface area contributed by atoms with Crippen LogP contribution >= 0.6 is 23.2 Å². The van der Waals surface area contributed by atoms with Crippen molar-refractivity contribution >= 4 is 57.0 Å². The van der Waals surface area contributed by atoms with E-state index in [-0.39, 0.29) is 43.1 Å². The Labute approximate surface area is 340 Å². The molecule has 2 atom stereocenters. The van der Waals surface area contributed by atoms with Crippen molar-refractivity contribution in [2.24, 2.45) is 5.73 Å². The number of hydrogen-bond acceptors (Lipinski definition) is 5. The zero-order valence-electron chi connectivity index (χ0n) is 32.5. The topological polar surface area (TPSA) is 167 Å². The number of benzene rings is 4. The molecule has 0 radical (unpaired) electrons. The number of carboxylic acids is 1. The number of carbonyl (C=O) groups excluding carboxylic acids is 1. The van der Waals surface area contributed by atoms with Crippen LogP contribution in [0.25, 0.3) is 22.1 Å². The van der Waals surface area contributed by atoms with E-state index in [0.717, 1.165) is 33.2 Å². The predicted octanol–water partition coefficient (Wildman–Crippen LogP) is 8.65. The molecule has 4 aromatic carbocycles. The minimum Gasteiger partial charge on any atom is -0.478 e. The SMILES string of the molecule is CC(CC(=O)C[n+]1c[nH]c2cccc(Cl)c21)c1ccc(C(C)(C)C#N)c(F)c1.CC(N)c1ccc(C(C)(C)C#N)c(F)c1.O=C(O)C[n+]1c[nH]c2cccc(Cl)c21. The van der Waals surface area contributed by atoms with Gasteiger partial charge in [-0.25, -0.2) is 32.7 Å². The first-order valence-corrected chi connectivity index (χ1v) is 18.8. The highest BCUT2D eigenvalue weighted by molar-refractivity contribution is 6.34. The van der Waals surface area contributed by atoms with E-state index in [1.807, 2.05) is 31.2 Å². The molecule has 14 heteroatoms. The predicted molar refractivity (Wildman–Crippen MR) is 215 cm³/mol. The van der Waals surface area contributed by atoms with Crippen molar-refractivity contribution in [3.63, 3.8) is 0 Å². The smallest absolute Gasteiger partial charge is 0.346 e.